The minimum Gasteiger partial charge on any atom is -0.375 e. The zero-order chi connectivity index (χ0) is 9.68. The van der Waals surface area contributed by atoms with Crippen LogP contribution in [0.2, 0.25) is 0 Å². The molecule has 0 radical (unpaired) electrons. The smallest absolute Gasteiger partial charge is 0.250 e. The highest BCUT2D eigenvalue weighted by atomic mass is 16.5. The van der Waals surface area contributed by atoms with Gasteiger partial charge in [0.2, 0.25) is 5.91 Å². The average molecular weight is 181 g/mol. The molecule has 5 heteroatoms. The molecule has 1 amide bonds. The van der Waals surface area contributed by atoms with Crippen molar-refractivity contribution < 1.29 is 9.53 Å². The molecule has 1 rings (SSSR count). The summed E-state index contributed by atoms with van der Waals surface area (Å²) in [6.07, 6.45) is 1.52. The normalized spacial score (nSPS) is 9.69. The first-order chi connectivity index (χ1) is 6.24. The molecule has 0 aromatic carbocycles. The second kappa shape index (κ2) is 4.51. The van der Waals surface area contributed by atoms with Gasteiger partial charge in [0.1, 0.15) is 6.61 Å². The summed E-state index contributed by atoms with van der Waals surface area (Å²) in [6.45, 7) is 1.82. The van der Waals surface area contributed by atoms with Gasteiger partial charge in [0, 0.05) is 7.11 Å². The molecule has 0 saturated heterocycles. The van der Waals surface area contributed by atoms with Gasteiger partial charge < -0.3 is 10.1 Å². The molecule has 0 aliphatic rings. The maximum absolute atomic E-state index is 11.1. The Kier molecular flexibility index (Phi) is 3.33. The van der Waals surface area contributed by atoms with Crippen LogP contribution in [-0.4, -0.2) is 29.8 Å². The molecule has 1 aromatic rings. The summed E-state index contributed by atoms with van der Waals surface area (Å²) in [5.41, 5.74) is 1.35. The molecule has 1 heterocycles. The van der Waals surface area contributed by atoms with Gasteiger partial charge in [-0.25, -0.2) is 0 Å². The summed E-state index contributed by atoms with van der Waals surface area (Å²) in [5.74, 6) is -0.196. The Morgan fingerprint density at radius 1 is 1.69 bits per heavy atom. The summed E-state index contributed by atoms with van der Waals surface area (Å²) >= 11 is 0. The minimum atomic E-state index is -0.196. The molecule has 0 saturated carbocycles. The fourth-order valence-electron chi connectivity index (χ4n) is 0.852. The Morgan fingerprint density at radius 3 is 3.08 bits per heavy atom. The molecule has 0 spiro atoms. The predicted molar refractivity (Wildman–Crippen MR) is 47.3 cm³/mol. The molecule has 13 heavy (non-hydrogen) atoms. The molecular weight excluding hydrogens is 170 g/mol. The molecule has 0 aliphatic heterocycles. The third kappa shape index (κ3) is 2.79. The van der Waals surface area contributed by atoms with Gasteiger partial charge >= 0.3 is 0 Å². The van der Waals surface area contributed by atoms with Crippen LogP contribution in [0.5, 0.6) is 0 Å². The van der Waals surface area contributed by atoms with E-state index in [1.807, 2.05) is 0 Å². The van der Waals surface area contributed by atoms with E-state index in [1.165, 1.54) is 13.3 Å². The number of aromatic nitrogens is 2. The Hall–Kier alpha value is -1.49. The number of rotatable bonds is 3. The summed E-state index contributed by atoms with van der Waals surface area (Å²) in [4.78, 5) is 11.1. The number of aryl methyl sites for hydroxylation is 1. The van der Waals surface area contributed by atoms with Crippen LogP contribution in [0, 0.1) is 6.92 Å². The average Bonchev–Trinajstić information content (AvgIpc) is 2.09. The summed E-state index contributed by atoms with van der Waals surface area (Å²) in [5, 5.41) is 10.1. The largest absolute Gasteiger partial charge is 0.375 e. The van der Waals surface area contributed by atoms with Gasteiger partial charge in [-0.1, -0.05) is 0 Å². The van der Waals surface area contributed by atoms with Gasteiger partial charge in [-0.3, -0.25) is 4.79 Å². The highest BCUT2D eigenvalue weighted by Crippen LogP contribution is 2.08. The van der Waals surface area contributed by atoms with Gasteiger partial charge in [-0.2, -0.15) is 10.2 Å². The third-order valence-corrected chi connectivity index (χ3v) is 1.45. The van der Waals surface area contributed by atoms with Crippen molar-refractivity contribution in [2.45, 2.75) is 6.92 Å². The Bertz CT molecular complexity index is 301. The maximum Gasteiger partial charge on any atom is 0.250 e. The van der Waals surface area contributed by atoms with Crippen LogP contribution in [0.15, 0.2) is 12.3 Å². The van der Waals surface area contributed by atoms with Crippen molar-refractivity contribution in [2.24, 2.45) is 0 Å². The molecule has 0 atom stereocenters. The van der Waals surface area contributed by atoms with Gasteiger partial charge in [-0.15, -0.1) is 0 Å². The molecule has 0 fully saturated rings. The lowest BCUT2D eigenvalue weighted by atomic mass is 10.3. The molecule has 1 aromatic heterocycles. The van der Waals surface area contributed by atoms with E-state index >= 15 is 0 Å². The standard InChI is InChI=1S/C8H11N3O2/c1-6-7(3-4-9-11-6)10-8(12)5-13-2/h3-4H,5H2,1-2H3,(H,9,10,12). The Morgan fingerprint density at radius 2 is 2.46 bits per heavy atom. The van der Waals surface area contributed by atoms with E-state index in [-0.39, 0.29) is 12.5 Å². The van der Waals surface area contributed by atoms with E-state index in [9.17, 15) is 4.79 Å². The van der Waals surface area contributed by atoms with Gasteiger partial charge in [0.15, 0.2) is 0 Å². The predicted octanol–water partition coefficient (Wildman–Crippen LogP) is 0.370. The van der Waals surface area contributed by atoms with Crippen molar-refractivity contribution in [3.63, 3.8) is 0 Å². The number of amides is 1. The van der Waals surface area contributed by atoms with Gasteiger partial charge in [-0.05, 0) is 13.0 Å². The molecule has 0 aliphatic carbocycles. The second-order valence-electron chi connectivity index (χ2n) is 2.51. The summed E-state index contributed by atoms with van der Waals surface area (Å²) in [6, 6.07) is 1.69. The molecular formula is C8H11N3O2. The summed E-state index contributed by atoms with van der Waals surface area (Å²) in [7, 11) is 1.47. The maximum atomic E-state index is 11.1. The van der Waals surface area contributed by atoms with Crippen LogP contribution in [0.4, 0.5) is 5.69 Å². The van der Waals surface area contributed by atoms with Gasteiger partial charge in [0.05, 0.1) is 17.6 Å². The monoisotopic (exact) mass is 181 g/mol. The first-order valence-corrected chi connectivity index (χ1v) is 3.81. The van der Waals surface area contributed by atoms with Crippen LogP contribution in [0.25, 0.3) is 0 Å². The first kappa shape index (κ1) is 9.60. The Labute approximate surface area is 76.1 Å². The van der Waals surface area contributed by atoms with Crippen molar-refractivity contribution in [1.82, 2.24) is 10.2 Å². The van der Waals surface area contributed by atoms with Crippen LogP contribution in [0.1, 0.15) is 5.69 Å². The van der Waals surface area contributed by atoms with Crippen molar-refractivity contribution in [2.75, 3.05) is 19.0 Å². The van der Waals surface area contributed by atoms with E-state index in [1.54, 1.807) is 13.0 Å². The van der Waals surface area contributed by atoms with Crippen LogP contribution in [-0.2, 0) is 9.53 Å². The van der Waals surface area contributed by atoms with Crippen molar-refractivity contribution in [3.05, 3.63) is 18.0 Å². The number of ether oxygens (including phenoxy) is 1. The molecule has 5 nitrogen and oxygen atoms in total. The molecule has 0 bridgehead atoms. The number of hydrogen-bond donors (Lipinski definition) is 1. The van der Waals surface area contributed by atoms with Gasteiger partial charge in [0.25, 0.3) is 0 Å². The second-order valence-corrected chi connectivity index (χ2v) is 2.51. The number of carbonyl (C=O) groups is 1. The lowest BCUT2D eigenvalue weighted by Gasteiger charge is -2.05. The van der Waals surface area contributed by atoms with E-state index in [2.05, 4.69) is 20.3 Å². The van der Waals surface area contributed by atoms with E-state index in [0.29, 0.717) is 11.4 Å². The van der Waals surface area contributed by atoms with Crippen LogP contribution >= 0.6 is 0 Å². The topological polar surface area (TPSA) is 64.1 Å². The molecule has 70 valence electrons. The van der Waals surface area contributed by atoms with Crippen molar-refractivity contribution in [1.29, 1.82) is 0 Å². The zero-order valence-corrected chi connectivity index (χ0v) is 7.57. The van der Waals surface area contributed by atoms with E-state index in [0.717, 1.165) is 0 Å². The fraction of sp³-hybridized carbons (Fsp3) is 0.375. The number of carbonyl (C=O) groups excluding carboxylic acids is 1. The number of hydrogen-bond acceptors (Lipinski definition) is 4. The Balaban J connectivity index is 2.63. The zero-order valence-electron chi connectivity index (χ0n) is 7.57. The van der Waals surface area contributed by atoms with Crippen LogP contribution in [0.3, 0.4) is 0 Å². The number of nitrogens with one attached hydrogen (secondary N) is 1. The number of methoxy groups -OCH3 is 1. The third-order valence-electron chi connectivity index (χ3n) is 1.45. The van der Waals surface area contributed by atoms with E-state index in [4.69, 9.17) is 0 Å². The lowest BCUT2D eigenvalue weighted by molar-refractivity contribution is -0.119. The van der Waals surface area contributed by atoms with E-state index < -0.39 is 0 Å². The SMILES string of the molecule is COCC(=O)Nc1ccnnc1C. The minimum absolute atomic E-state index is 0.0434. The molecule has 1 N–H and O–H groups in total. The van der Waals surface area contributed by atoms with Crippen molar-refractivity contribution in [3.8, 4) is 0 Å². The lowest BCUT2D eigenvalue weighted by Crippen LogP contribution is -2.18. The van der Waals surface area contributed by atoms with Crippen LogP contribution < -0.4 is 5.32 Å². The first-order valence-electron chi connectivity index (χ1n) is 3.81. The number of nitrogens with zero attached hydrogens (tertiary/aromatic N) is 2. The highest BCUT2D eigenvalue weighted by molar-refractivity contribution is 5.92. The number of anilines is 1. The summed E-state index contributed by atoms with van der Waals surface area (Å²) < 4.78 is 4.67. The van der Waals surface area contributed by atoms with Crippen molar-refractivity contribution >= 4 is 11.6 Å². The molecule has 0 unspecified atom stereocenters. The highest BCUT2D eigenvalue weighted by Gasteiger charge is 2.03. The fourth-order valence-corrected chi connectivity index (χ4v) is 0.852. The quantitative estimate of drug-likeness (QED) is 0.731.